The van der Waals surface area contributed by atoms with Gasteiger partial charge in [-0.2, -0.15) is 0 Å². The Balaban J connectivity index is 1.48. The van der Waals surface area contributed by atoms with Gasteiger partial charge in [-0.05, 0) is 30.7 Å². The Morgan fingerprint density at radius 2 is 2.00 bits per heavy atom. The van der Waals surface area contributed by atoms with Gasteiger partial charge in [0.25, 0.3) is 5.91 Å². The fraction of sp³-hybridized carbons (Fsp3) is 0.111. The smallest absolute Gasteiger partial charge is 0.257 e. The third-order valence-electron chi connectivity index (χ3n) is 3.75. The highest BCUT2D eigenvalue weighted by atomic mass is 32.1. The number of carbonyl (C=O) groups is 1. The van der Waals surface area contributed by atoms with Crippen LogP contribution >= 0.6 is 11.3 Å². The molecule has 0 saturated carbocycles. The molecule has 0 unspecified atom stereocenters. The Labute approximate surface area is 148 Å². The molecule has 0 radical (unpaired) electrons. The van der Waals surface area contributed by atoms with E-state index in [1.165, 1.54) is 11.3 Å². The fourth-order valence-corrected chi connectivity index (χ4v) is 3.36. The summed E-state index contributed by atoms with van der Waals surface area (Å²) in [5.74, 6) is 0.610. The van der Waals surface area contributed by atoms with E-state index in [-0.39, 0.29) is 5.91 Å². The lowest BCUT2D eigenvalue weighted by Gasteiger charge is -2.01. The molecule has 25 heavy (non-hydrogen) atoms. The quantitative estimate of drug-likeness (QED) is 0.590. The van der Waals surface area contributed by atoms with Gasteiger partial charge in [-0.1, -0.05) is 41.7 Å². The lowest BCUT2D eigenvalue weighted by Crippen LogP contribution is -2.11. The van der Waals surface area contributed by atoms with Crippen LogP contribution < -0.4 is 5.32 Å². The normalized spacial score (nSPS) is 10.9. The lowest BCUT2D eigenvalue weighted by atomic mass is 10.2. The number of imidazole rings is 1. The van der Waals surface area contributed by atoms with Gasteiger partial charge < -0.3 is 4.98 Å². The molecule has 0 aliphatic heterocycles. The van der Waals surface area contributed by atoms with E-state index in [0.717, 1.165) is 27.4 Å². The molecule has 6 nitrogen and oxygen atoms in total. The van der Waals surface area contributed by atoms with Gasteiger partial charge in [0, 0.05) is 12.0 Å². The Bertz CT molecular complexity index is 1040. The first-order valence-electron chi connectivity index (χ1n) is 7.81. The van der Waals surface area contributed by atoms with E-state index in [1.54, 1.807) is 12.1 Å². The van der Waals surface area contributed by atoms with E-state index < -0.39 is 0 Å². The predicted molar refractivity (Wildman–Crippen MR) is 97.9 cm³/mol. The molecule has 0 saturated heterocycles. The van der Waals surface area contributed by atoms with Gasteiger partial charge >= 0.3 is 0 Å². The molecular formula is C18H15N5OS. The summed E-state index contributed by atoms with van der Waals surface area (Å²) in [6.45, 7) is 1.88. The number of aryl methyl sites for hydroxylation is 1. The van der Waals surface area contributed by atoms with Crippen molar-refractivity contribution in [3.63, 3.8) is 0 Å². The second kappa shape index (κ2) is 6.45. The van der Waals surface area contributed by atoms with Gasteiger partial charge in [0.1, 0.15) is 10.8 Å². The van der Waals surface area contributed by atoms with E-state index in [2.05, 4.69) is 25.5 Å². The van der Waals surface area contributed by atoms with Gasteiger partial charge in [0.05, 0.1) is 11.0 Å². The second-order valence-electron chi connectivity index (χ2n) is 5.67. The maximum atomic E-state index is 12.4. The number of H-pyrrole nitrogens is 1. The SMILES string of the molecule is Cc1nc2ccc(C(=O)Nc3nnc(Cc4ccccc4)s3)cc2[nH]1. The van der Waals surface area contributed by atoms with Crippen molar-refractivity contribution in [3.8, 4) is 0 Å². The molecule has 4 aromatic rings. The van der Waals surface area contributed by atoms with E-state index in [9.17, 15) is 4.79 Å². The largest absolute Gasteiger partial charge is 0.342 e. The predicted octanol–water partition coefficient (Wildman–Crippen LogP) is 3.57. The number of amides is 1. The molecule has 2 N–H and O–H groups in total. The molecule has 4 rings (SSSR count). The second-order valence-corrected chi connectivity index (χ2v) is 6.73. The molecule has 7 heteroatoms. The first kappa shape index (κ1) is 15.5. The first-order chi connectivity index (χ1) is 12.2. The number of nitrogens with one attached hydrogen (secondary N) is 2. The molecule has 0 spiro atoms. The number of fused-ring (bicyclic) bond motifs is 1. The van der Waals surface area contributed by atoms with E-state index in [1.807, 2.05) is 43.3 Å². The van der Waals surface area contributed by atoms with E-state index >= 15 is 0 Å². The van der Waals surface area contributed by atoms with Crippen LogP contribution in [0.3, 0.4) is 0 Å². The third-order valence-corrected chi connectivity index (χ3v) is 4.59. The van der Waals surface area contributed by atoms with Gasteiger partial charge in [0.2, 0.25) is 5.13 Å². The van der Waals surface area contributed by atoms with Gasteiger partial charge in [-0.3, -0.25) is 10.1 Å². The number of hydrogen-bond donors (Lipinski definition) is 2. The molecule has 124 valence electrons. The monoisotopic (exact) mass is 349 g/mol. The number of aromatic amines is 1. The van der Waals surface area contributed by atoms with Crippen LogP contribution in [-0.2, 0) is 6.42 Å². The summed E-state index contributed by atoms with van der Waals surface area (Å²) in [5.41, 5.74) is 3.40. The maximum Gasteiger partial charge on any atom is 0.257 e. The zero-order chi connectivity index (χ0) is 17.2. The third kappa shape index (κ3) is 3.41. The highest BCUT2D eigenvalue weighted by Gasteiger charge is 2.12. The van der Waals surface area contributed by atoms with Gasteiger partial charge in [-0.15, -0.1) is 10.2 Å². The van der Waals surface area contributed by atoms with Crippen LogP contribution in [0.25, 0.3) is 11.0 Å². The van der Waals surface area contributed by atoms with E-state index in [4.69, 9.17) is 0 Å². The summed E-state index contributed by atoms with van der Waals surface area (Å²) in [6, 6.07) is 15.4. The zero-order valence-electron chi connectivity index (χ0n) is 13.5. The molecule has 0 aliphatic rings. The van der Waals surface area contributed by atoms with Crippen molar-refractivity contribution in [2.24, 2.45) is 0 Å². The van der Waals surface area contributed by atoms with Crippen molar-refractivity contribution >= 4 is 33.4 Å². The average molecular weight is 349 g/mol. The molecule has 0 fully saturated rings. The van der Waals surface area contributed by atoms with Gasteiger partial charge in [0.15, 0.2) is 0 Å². The molecular weight excluding hydrogens is 334 g/mol. The summed E-state index contributed by atoms with van der Waals surface area (Å²) in [5, 5.41) is 12.4. The van der Waals surface area contributed by atoms with Crippen LogP contribution in [0, 0.1) is 6.92 Å². The minimum absolute atomic E-state index is 0.212. The van der Waals surface area contributed by atoms with Crippen molar-refractivity contribution in [1.29, 1.82) is 0 Å². The number of rotatable bonds is 4. The summed E-state index contributed by atoms with van der Waals surface area (Å²) in [6.07, 6.45) is 0.702. The van der Waals surface area contributed by atoms with Crippen LogP contribution in [0.1, 0.15) is 26.8 Å². The first-order valence-corrected chi connectivity index (χ1v) is 8.63. The maximum absolute atomic E-state index is 12.4. The Morgan fingerprint density at radius 3 is 2.84 bits per heavy atom. The topological polar surface area (TPSA) is 83.6 Å². The molecule has 0 aliphatic carbocycles. The summed E-state index contributed by atoms with van der Waals surface area (Å²) >= 11 is 1.38. The highest BCUT2D eigenvalue weighted by molar-refractivity contribution is 7.15. The number of aromatic nitrogens is 4. The van der Waals surface area contributed by atoms with Crippen LogP contribution in [0.5, 0.6) is 0 Å². The molecule has 2 aromatic carbocycles. The van der Waals surface area contributed by atoms with Crippen LogP contribution in [0.4, 0.5) is 5.13 Å². The molecule has 0 atom stereocenters. The number of carbonyl (C=O) groups excluding carboxylic acids is 1. The summed E-state index contributed by atoms with van der Waals surface area (Å²) < 4.78 is 0. The molecule has 2 heterocycles. The molecule has 2 aromatic heterocycles. The van der Waals surface area contributed by atoms with Crippen LogP contribution in [0.15, 0.2) is 48.5 Å². The number of anilines is 1. The Hall–Kier alpha value is -3.06. The number of benzene rings is 2. The minimum atomic E-state index is -0.212. The van der Waals surface area contributed by atoms with Crippen molar-refractivity contribution in [1.82, 2.24) is 20.2 Å². The van der Waals surface area contributed by atoms with Crippen LogP contribution in [-0.4, -0.2) is 26.1 Å². The number of hydrogen-bond acceptors (Lipinski definition) is 5. The number of nitrogens with zero attached hydrogens (tertiary/aromatic N) is 3. The minimum Gasteiger partial charge on any atom is -0.342 e. The van der Waals surface area contributed by atoms with Crippen molar-refractivity contribution in [3.05, 3.63) is 70.5 Å². The van der Waals surface area contributed by atoms with Crippen molar-refractivity contribution in [2.45, 2.75) is 13.3 Å². The van der Waals surface area contributed by atoms with E-state index in [0.29, 0.717) is 17.1 Å². The average Bonchev–Trinajstić information content (AvgIpc) is 3.20. The van der Waals surface area contributed by atoms with Crippen molar-refractivity contribution < 1.29 is 4.79 Å². The lowest BCUT2D eigenvalue weighted by molar-refractivity contribution is 0.102. The zero-order valence-corrected chi connectivity index (χ0v) is 14.3. The summed E-state index contributed by atoms with van der Waals surface area (Å²) in [4.78, 5) is 19.9. The van der Waals surface area contributed by atoms with Crippen molar-refractivity contribution in [2.75, 3.05) is 5.32 Å². The fourth-order valence-electron chi connectivity index (χ4n) is 2.59. The Kier molecular flexibility index (Phi) is 3.99. The summed E-state index contributed by atoms with van der Waals surface area (Å²) in [7, 11) is 0. The molecule has 1 amide bonds. The Morgan fingerprint density at radius 1 is 1.16 bits per heavy atom. The highest BCUT2D eigenvalue weighted by Crippen LogP contribution is 2.20. The standard InChI is InChI=1S/C18H15N5OS/c1-11-19-14-8-7-13(10-15(14)20-11)17(24)21-18-23-22-16(25-18)9-12-5-3-2-4-6-12/h2-8,10H,9H2,1H3,(H,19,20)(H,21,23,24). The molecule has 0 bridgehead atoms. The van der Waals surface area contributed by atoms with Crippen LogP contribution in [0.2, 0.25) is 0 Å². The van der Waals surface area contributed by atoms with Gasteiger partial charge in [-0.25, -0.2) is 4.98 Å².